The summed E-state index contributed by atoms with van der Waals surface area (Å²) in [6.07, 6.45) is 2.72. The molecule has 0 aromatic rings. The first kappa shape index (κ1) is 11.9. The molecule has 0 rings (SSSR count). The average Bonchev–Trinajstić information content (AvgIpc) is 2.05. The summed E-state index contributed by atoms with van der Waals surface area (Å²) in [5.74, 6) is -0.285. The van der Waals surface area contributed by atoms with E-state index in [0.29, 0.717) is 13.0 Å². The van der Waals surface area contributed by atoms with Gasteiger partial charge in [0.05, 0.1) is 6.61 Å². The summed E-state index contributed by atoms with van der Waals surface area (Å²) in [6.45, 7) is 2.19. The maximum atomic E-state index is 11.0. The largest absolute Gasteiger partial charge is 0.465 e. The summed E-state index contributed by atoms with van der Waals surface area (Å²) in [6, 6.07) is -0.441. The summed E-state index contributed by atoms with van der Waals surface area (Å²) in [5.41, 5.74) is 5.55. The Morgan fingerprint density at radius 1 is 1.58 bits per heavy atom. The molecule has 0 aliphatic carbocycles. The zero-order chi connectivity index (χ0) is 9.40. The zero-order valence-corrected chi connectivity index (χ0v) is 8.97. The van der Waals surface area contributed by atoms with E-state index in [-0.39, 0.29) is 5.97 Å². The van der Waals surface area contributed by atoms with Crippen LogP contribution in [0, 0.1) is 0 Å². The van der Waals surface area contributed by atoms with Crippen molar-refractivity contribution in [2.24, 2.45) is 5.73 Å². The van der Waals surface area contributed by atoms with Crippen LogP contribution in [0.1, 0.15) is 26.2 Å². The molecule has 0 fully saturated rings. The van der Waals surface area contributed by atoms with Crippen molar-refractivity contribution in [3.8, 4) is 0 Å². The summed E-state index contributed by atoms with van der Waals surface area (Å²) in [4.78, 5) is 11.0. The van der Waals surface area contributed by atoms with Gasteiger partial charge in [-0.3, -0.25) is 4.79 Å². The van der Waals surface area contributed by atoms with Crippen molar-refractivity contribution in [1.82, 2.24) is 0 Å². The second-order valence-corrected chi connectivity index (χ2v) is 3.34. The Morgan fingerprint density at radius 3 is 2.75 bits per heavy atom. The molecular weight excluding hydrogens is 222 g/mol. The molecular formula is C8H16BrNO2. The minimum atomic E-state index is -0.441. The quantitative estimate of drug-likeness (QED) is 0.432. The lowest BCUT2D eigenvalue weighted by Crippen LogP contribution is -2.32. The van der Waals surface area contributed by atoms with Gasteiger partial charge in [0, 0.05) is 5.33 Å². The first-order valence-electron chi connectivity index (χ1n) is 4.20. The number of ether oxygens (including phenoxy) is 1. The number of hydrogen-bond acceptors (Lipinski definition) is 3. The van der Waals surface area contributed by atoms with E-state index in [2.05, 4.69) is 15.9 Å². The molecule has 72 valence electrons. The summed E-state index contributed by atoms with van der Waals surface area (Å²) in [7, 11) is 0. The van der Waals surface area contributed by atoms with Crippen LogP contribution < -0.4 is 5.73 Å². The fourth-order valence-electron chi connectivity index (χ4n) is 0.826. The Balaban J connectivity index is 3.42. The van der Waals surface area contributed by atoms with E-state index in [1.165, 1.54) is 0 Å². The second-order valence-electron chi connectivity index (χ2n) is 2.54. The lowest BCUT2D eigenvalue weighted by molar-refractivity contribution is -0.144. The molecule has 0 heterocycles. The third-order valence-corrected chi connectivity index (χ3v) is 2.05. The van der Waals surface area contributed by atoms with Gasteiger partial charge in [-0.2, -0.15) is 0 Å². The first-order valence-corrected chi connectivity index (χ1v) is 5.32. The lowest BCUT2D eigenvalue weighted by atomic mass is 10.1. The van der Waals surface area contributed by atoms with Crippen molar-refractivity contribution in [2.45, 2.75) is 32.2 Å². The molecule has 2 N–H and O–H groups in total. The van der Waals surface area contributed by atoms with Gasteiger partial charge in [0.2, 0.25) is 0 Å². The van der Waals surface area contributed by atoms with Crippen LogP contribution in [0.4, 0.5) is 0 Å². The number of carbonyl (C=O) groups excluding carboxylic acids is 1. The van der Waals surface area contributed by atoms with Crippen molar-refractivity contribution < 1.29 is 9.53 Å². The third kappa shape index (κ3) is 5.55. The molecule has 0 aliphatic heterocycles. The fourth-order valence-corrected chi connectivity index (χ4v) is 1.22. The molecule has 0 aliphatic rings. The van der Waals surface area contributed by atoms with Crippen LogP contribution in [0.25, 0.3) is 0 Å². The Kier molecular flexibility index (Phi) is 7.50. The van der Waals surface area contributed by atoms with Gasteiger partial charge in [-0.05, 0) is 19.8 Å². The molecule has 1 atom stereocenters. The predicted octanol–water partition coefficient (Wildman–Crippen LogP) is 1.44. The number of carbonyl (C=O) groups is 1. The summed E-state index contributed by atoms with van der Waals surface area (Å²) in [5, 5.41) is 0.961. The van der Waals surface area contributed by atoms with Gasteiger partial charge in [0.1, 0.15) is 6.04 Å². The normalized spacial score (nSPS) is 12.6. The van der Waals surface area contributed by atoms with E-state index in [1.807, 2.05) is 0 Å². The number of halogens is 1. The Bertz CT molecular complexity index is 130. The highest BCUT2D eigenvalue weighted by Gasteiger charge is 2.12. The van der Waals surface area contributed by atoms with Crippen LogP contribution in [0.5, 0.6) is 0 Å². The van der Waals surface area contributed by atoms with Crippen LogP contribution in [-0.4, -0.2) is 23.9 Å². The van der Waals surface area contributed by atoms with E-state index in [0.717, 1.165) is 18.2 Å². The molecule has 0 amide bonds. The number of esters is 1. The summed E-state index contributed by atoms with van der Waals surface area (Å²) >= 11 is 3.31. The highest BCUT2D eigenvalue weighted by Crippen LogP contribution is 2.02. The Morgan fingerprint density at radius 2 is 2.25 bits per heavy atom. The number of hydrogen-bond donors (Lipinski definition) is 1. The summed E-state index contributed by atoms with van der Waals surface area (Å²) < 4.78 is 4.76. The molecule has 0 aromatic carbocycles. The maximum Gasteiger partial charge on any atom is 0.322 e. The molecule has 0 saturated carbocycles. The predicted molar refractivity (Wildman–Crippen MR) is 52.3 cm³/mol. The Labute approximate surface area is 81.8 Å². The van der Waals surface area contributed by atoms with E-state index in [4.69, 9.17) is 10.5 Å². The molecule has 0 bridgehead atoms. The number of alkyl halides is 1. The monoisotopic (exact) mass is 237 g/mol. The van der Waals surface area contributed by atoms with Crippen molar-refractivity contribution >= 4 is 21.9 Å². The van der Waals surface area contributed by atoms with Gasteiger partial charge in [0.25, 0.3) is 0 Å². The number of nitrogens with two attached hydrogens (primary N) is 1. The number of rotatable bonds is 6. The maximum absolute atomic E-state index is 11.0. The van der Waals surface area contributed by atoms with Gasteiger partial charge < -0.3 is 10.5 Å². The van der Waals surface area contributed by atoms with Crippen molar-refractivity contribution in [3.05, 3.63) is 0 Å². The lowest BCUT2D eigenvalue weighted by Gasteiger charge is -2.09. The van der Waals surface area contributed by atoms with Crippen molar-refractivity contribution in [1.29, 1.82) is 0 Å². The molecule has 4 heteroatoms. The highest BCUT2D eigenvalue weighted by molar-refractivity contribution is 9.09. The minimum absolute atomic E-state index is 0.285. The van der Waals surface area contributed by atoms with Gasteiger partial charge in [0.15, 0.2) is 0 Å². The smallest absolute Gasteiger partial charge is 0.322 e. The number of unbranched alkanes of at least 4 members (excludes halogenated alkanes) is 1. The van der Waals surface area contributed by atoms with Gasteiger partial charge in [-0.15, -0.1) is 0 Å². The van der Waals surface area contributed by atoms with E-state index in [9.17, 15) is 4.79 Å². The Hall–Kier alpha value is -0.0900. The topological polar surface area (TPSA) is 52.3 Å². The second kappa shape index (κ2) is 7.55. The highest BCUT2D eigenvalue weighted by atomic mass is 79.9. The van der Waals surface area contributed by atoms with Crippen molar-refractivity contribution in [2.75, 3.05) is 11.9 Å². The molecule has 0 spiro atoms. The SMILES string of the molecule is CCOC(=O)C(N)CCCCBr. The van der Waals surface area contributed by atoms with Crippen LogP contribution in [-0.2, 0) is 9.53 Å². The van der Waals surface area contributed by atoms with Crippen molar-refractivity contribution in [3.63, 3.8) is 0 Å². The minimum Gasteiger partial charge on any atom is -0.465 e. The van der Waals surface area contributed by atoms with Gasteiger partial charge in [-0.1, -0.05) is 22.4 Å². The molecule has 0 radical (unpaired) electrons. The molecule has 1 unspecified atom stereocenters. The average molecular weight is 238 g/mol. The van der Waals surface area contributed by atoms with Crippen LogP contribution >= 0.6 is 15.9 Å². The van der Waals surface area contributed by atoms with E-state index in [1.54, 1.807) is 6.92 Å². The van der Waals surface area contributed by atoms with Crippen LogP contribution in [0.2, 0.25) is 0 Å². The molecule has 0 saturated heterocycles. The van der Waals surface area contributed by atoms with Gasteiger partial charge in [-0.25, -0.2) is 0 Å². The van der Waals surface area contributed by atoms with Crippen LogP contribution in [0.3, 0.4) is 0 Å². The standard InChI is InChI=1S/C8H16BrNO2/c1-2-12-8(11)7(10)5-3-4-6-9/h7H,2-6,10H2,1H3. The molecule has 0 aromatic heterocycles. The first-order chi connectivity index (χ1) is 5.72. The van der Waals surface area contributed by atoms with Crippen LogP contribution in [0.15, 0.2) is 0 Å². The third-order valence-electron chi connectivity index (χ3n) is 1.49. The fraction of sp³-hybridized carbons (Fsp3) is 0.875. The van der Waals surface area contributed by atoms with E-state index < -0.39 is 6.04 Å². The van der Waals surface area contributed by atoms with E-state index >= 15 is 0 Å². The van der Waals surface area contributed by atoms with Gasteiger partial charge >= 0.3 is 5.97 Å². The molecule has 3 nitrogen and oxygen atoms in total. The molecule has 12 heavy (non-hydrogen) atoms. The zero-order valence-electron chi connectivity index (χ0n) is 7.38.